The number of nitrogens with one attached hydrogen (secondary N) is 1. The van der Waals surface area contributed by atoms with Crippen molar-refractivity contribution in [3.8, 4) is 12.1 Å². The molecule has 0 aromatic heterocycles. The van der Waals surface area contributed by atoms with Gasteiger partial charge in [0.25, 0.3) is 0 Å². The zero-order valence-corrected chi connectivity index (χ0v) is 10.6. The monoisotopic (exact) mass is 257 g/mol. The van der Waals surface area contributed by atoms with Crippen molar-refractivity contribution in [3.63, 3.8) is 0 Å². The third-order valence-electron chi connectivity index (χ3n) is 2.65. The normalized spacial score (nSPS) is 11.4. The molecule has 1 aromatic rings. The van der Waals surface area contributed by atoms with Gasteiger partial charge in [0.2, 0.25) is 5.91 Å². The average molecular weight is 257 g/mol. The summed E-state index contributed by atoms with van der Waals surface area (Å²) in [5.74, 6) is -0.268. The summed E-state index contributed by atoms with van der Waals surface area (Å²) in [4.78, 5) is 13.5. The maximum atomic E-state index is 12.0. The molecule has 1 amide bonds. The minimum atomic E-state index is -0.558. The van der Waals surface area contributed by atoms with Gasteiger partial charge in [-0.1, -0.05) is 0 Å². The number of benzene rings is 1. The van der Waals surface area contributed by atoms with E-state index in [0.717, 1.165) is 0 Å². The highest BCUT2D eigenvalue weighted by atomic mass is 16.2. The van der Waals surface area contributed by atoms with Gasteiger partial charge in [-0.15, -0.1) is 0 Å². The first-order valence-corrected chi connectivity index (χ1v) is 5.73. The van der Waals surface area contributed by atoms with Crippen molar-refractivity contribution in [2.24, 2.45) is 0 Å². The Balaban J connectivity index is 2.68. The topological polar surface area (TPSA) is 106 Å². The Hall–Kier alpha value is -2.57. The Morgan fingerprint density at radius 2 is 1.84 bits per heavy atom. The predicted octanol–water partition coefficient (Wildman–Crippen LogP) is 0.945. The summed E-state index contributed by atoms with van der Waals surface area (Å²) < 4.78 is 0. The van der Waals surface area contributed by atoms with Crippen molar-refractivity contribution < 1.29 is 4.79 Å². The van der Waals surface area contributed by atoms with Crippen molar-refractivity contribution in [2.45, 2.75) is 13.0 Å². The first-order chi connectivity index (χ1) is 9.08. The van der Waals surface area contributed by atoms with Gasteiger partial charge in [-0.2, -0.15) is 10.5 Å². The SMILES string of the molecule is CC(C(=O)Nc1ccc(N)cc1)N(CC#N)CC#N. The second-order valence-electron chi connectivity index (χ2n) is 4.01. The summed E-state index contributed by atoms with van der Waals surface area (Å²) in [6.07, 6.45) is 0. The molecule has 0 saturated carbocycles. The van der Waals surface area contributed by atoms with Gasteiger partial charge in [0, 0.05) is 11.4 Å². The van der Waals surface area contributed by atoms with Gasteiger partial charge in [0.1, 0.15) is 0 Å². The number of nitriles is 2. The Labute approximate surface area is 112 Å². The van der Waals surface area contributed by atoms with Crippen LogP contribution in [0.25, 0.3) is 0 Å². The molecule has 6 nitrogen and oxygen atoms in total. The zero-order valence-electron chi connectivity index (χ0n) is 10.6. The van der Waals surface area contributed by atoms with E-state index in [1.165, 1.54) is 4.90 Å². The summed E-state index contributed by atoms with van der Waals surface area (Å²) in [7, 11) is 0. The molecule has 0 aliphatic heterocycles. The Morgan fingerprint density at radius 3 is 2.32 bits per heavy atom. The van der Waals surface area contributed by atoms with Crippen LogP contribution in [0.15, 0.2) is 24.3 Å². The van der Waals surface area contributed by atoms with Crippen LogP contribution in [0.5, 0.6) is 0 Å². The molecular weight excluding hydrogens is 242 g/mol. The van der Waals surface area contributed by atoms with E-state index in [4.69, 9.17) is 16.3 Å². The predicted molar refractivity (Wildman–Crippen MR) is 71.7 cm³/mol. The van der Waals surface area contributed by atoms with E-state index in [1.807, 2.05) is 12.1 Å². The molecule has 0 radical (unpaired) electrons. The largest absolute Gasteiger partial charge is 0.399 e. The smallest absolute Gasteiger partial charge is 0.241 e. The zero-order chi connectivity index (χ0) is 14.3. The lowest BCUT2D eigenvalue weighted by atomic mass is 10.2. The number of nitrogen functional groups attached to an aromatic ring is 1. The maximum absolute atomic E-state index is 12.0. The minimum absolute atomic E-state index is 0.0316. The molecule has 1 rings (SSSR count). The van der Waals surface area contributed by atoms with Crippen LogP contribution >= 0.6 is 0 Å². The highest BCUT2D eigenvalue weighted by molar-refractivity contribution is 5.94. The molecule has 0 aliphatic carbocycles. The van der Waals surface area contributed by atoms with E-state index < -0.39 is 6.04 Å². The summed E-state index contributed by atoms with van der Waals surface area (Å²) in [6.45, 7) is 1.72. The second kappa shape index (κ2) is 7.00. The van der Waals surface area contributed by atoms with Crippen LogP contribution in [0, 0.1) is 22.7 Å². The summed E-state index contributed by atoms with van der Waals surface area (Å²) >= 11 is 0. The minimum Gasteiger partial charge on any atom is -0.399 e. The summed E-state index contributed by atoms with van der Waals surface area (Å²) in [6, 6.07) is 10.1. The number of anilines is 2. The quantitative estimate of drug-likeness (QED) is 0.603. The Kier molecular flexibility index (Phi) is 5.34. The molecule has 6 heteroatoms. The van der Waals surface area contributed by atoms with Crippen LogP contribution in [0.2, 0.25) is 0 Å². The molecule has 0 bridgehead atoms. The third kappa shape index (κ3) is 4.30. The van der Waals surface area contributed by atoms with Gasteiger partial charge in [-0.05, 0) is 31.2 Å². The highest BCUT2D eigenvalue weighted by Crippen LogP contribution is 2.11. The van der Waals surface area contributed by atoms with Gasteiger partial charge < -0.3 is 11.1 Å². The number of hydrogen-bond acceptors (Lipinski definition) is 5. The molecule has 0 spiro atoms. The molecule has 3 N–H and O–H groups in total. The van der Waals surface area contributed by atoms with Crippen molar-refractivity contribution >= 4 is 17.3 Å². The lowest BCUT2D eigenvalue weighted by Crippen LogP contribution is -2.42. The van der Waals surface area contributed by atoms with Crippen LogP contribution in [-0.4, -0.2) is 29.9 Å². The van der Waals surface area contributed by atoms with Crippen LogP contribution in [0.1, 0.15) is 6.92 Å². The van der Waals surface area contributed by atoms with Gasteiger partial charge >= 0.3 is 0 Å². The maximum Gasteiger partial charge on any atom is 0.241 e. The number of rotatable bonds is 5. The van der Waals surface area contributed by atoms with Crippen LogP contribution in [0.3, 0.4) is 0 Å². The van der Waals surface area contributed by atoms with Crippen LogP contribution in [-0.2, 0) is 4.79 Å². The van der Waals surface area contributed by atoms with Gasteiger partial charge in [0.05, 0.1) is 31.3 Å². The number of nitrogens with two attached hydrogens (primary N) is 1. The standard InChI is InChI=1S/C13H15N5O/c1-10(18(8-6-14)9-7-15)13(19)17-12-4-2-11(16)3-5-12/h2-5,10H,8-9,16H2,1H3,(H,17,19). The van der Waals surface area contributed by atoms with Crippen molar-refractivity contribution in [3.05, 3.63) is 24.3 Å². The van der Waals surface area contributed by atoms with E-state index in [0.29, 0.717) is 11.4 Å². The number of carbonyl (C=O) groups is 1. The van der Waals surface area contributed by atoms with Gasteiger partial charge in [-0.3, -0.25) is 9.69 Å². The molecule has 19 heavy (non-hydrogen) atoms. The van der Waals surface area contributed by atoms with E-state index in [2.05, 4.69) is 5.32 Å². The molecule has 1 aromatic carbocycles. The van der Waals surface area contributed by atoms with E-state index in [9.17, 15) is 4.79 Å². The van der Waals surface area contributed by atoms with Crippen molar-refractivity contribution in [1.82, 2.24) is 4.90 Å². The average Bonchev–Trinajstić information content (AvgIpc) is 2.40. The van der Waals surface area contributed by atoms with Gasteiger partial charge in [-0.25, -0.2) is 0 Å². The van der Waals surface area contributed by atoms with Crippen LogP contribution in [0.4, 0.5) is 11.4 Å². The van der Waals surface area contributed by atoms with E-state index >= 15 is 0 Å². The second-order valence-corrected chi connectivity index (χ2v) is 4.01. The summed E-state index contributed by atoms with van der Waals surface area (Å²) in [5, 5.41) is 20.0. The number of hydrogen-bond donors (Lipinski definition) is 2. The van der Waals surface area contributed by atoms with Crippen LogP contribution < -0.4 is 11.1 Å². The van der Waals surface area contributed by atoms with Crippen molar-refractivity contribution in [2.75, 3.05) is 24.1 Å². The Bertz CT molecular complexity index is 495. The van der Waals surface area contributed by atoms with Crippen molar-refractivity contribution in [1.29, 1.82) is 10.5 Å². The van der Waals surface area contributed by atoms with E-state index in [-0.39, 0.29) is 19.0 Å². The number of carbonyl (C=O) groups excluding carboxylic acids is 1. The fraction of sp³-hybridized carbons (Fsp3) is 0.308. The molecule has 0 fully saturated rings. The lowest BCUT2D eigenvalue weighted by molar-refractivity contribution is -0.120. The Morgan fingerprint density at radius 1 is 1.32 bits per heavy atom. The number of nitrogens with zero attached hydrogens (tertiary/aromatic N) is 3. The van der Waals surface area contributed by atoms with Gasteiger partial charge in [0.15, 0.2) is 0 Å². The fourth-order valence-corrected chi connectivity index (χ4v) is 1.49. The molecular formula is C13H15N5O. The molecule has 1 unspecified atom stereocenters. The first-order valence-electron chi connectivity index (χ1n) is 5.73. The molecule has 98 valence electrons. The summed E-state index contributed by atoms with van der Waals surface area (Å²) in [5.41, 5.74) is 6.79. The fourth-order valence-electron chi connectivity index (χ4n) is 1.49. The lowest BCUT2D eigenvalue weighted by Gasteiger charge is -2.22. The molecule has 0 aliphatic rings. The van der Waals surface area contributed by atoms with E-state index in [1.54, 1.807) is 31.2 Å². The molecule has 0 heterocycles. The molecule has 1 atom stereocenters. The third-order valence-corrected chi connectivity index (χ3v) is 2.65. The first kappa shape index (κ1) is 14.5. The number of amides is 1. The highest BCUT2D eigenvalue weighted by Gasteiger charge is 2.20. The molecule has 0 saturated heterocycles.